The Balaban J connectivity index is 1.53. The third-order valence-corrected chi connectivity index (χ3v) is 3.92. The molecule has 0 unspecified atom stereocenters. The van der Waals surface area contributed by atoms with Gasteiger partial charge in [-0.2, -0.15) is 0 Å². The van der Waals surface area contributed by atoms with Gasteiger partial charge in [0.25, 0.3) is 5.91 Å². The molecule has 0 atom stereocenters. The number of esters is 1. The third kappa shape index (κ3) is 7.40. The van der Waals surface area contributed by atoms with Crippen LogP contribution in [0, 0.1) is 0 Å². The number of hydrogen-bond acceptors (Lipinski definition) is 3. The number of benzene rings is 2. The Bertz CT molecular complexity index is 671. The number of halogens is 1. The highest BCUT2D eigenvalue weighted by Gasteiger charge is 2.06. The van der Waals surface area contributed by atoms with E-state index in [2.05, 4.69) is 17.4 Å². The van der Waals surface area contributed by atoms with Crippen molar-refractivity contribution in [3.63, 3.8) is 0 Å². The number of carbonyl (C=O) groups excluding carboxylic acids is 2. The molecule has 0 aliphatic heterocycles. The van der Waals surface area contributed by atoms with Crippen LogP contribution in [0.5, 0.6) is 0 Å². The lowest BCUT2D eigenvalue weighted by atomic mass is 10.1. The maximum absolute atomic E-state index is 11.9. The molecule has 0 spiro atoms. The molecule has 0 heterocycles. The number of hydrogen-bond donors (Lipinski definition) is 1. The van der Waals surface area contributed by atoms with Crippen molar-refractivity contribution in [3.8, 4) is 0 Å². The molecule has 2 aromatic rings. The highest BCUT2D eigenvalue weighted by Crippen LogP contribution is 2.09. The second-order valence-corrected chi connectivity index (χ2v) is 6.11. The lowest BCUT2D eigenvalue weighted by Gasteiger charge is -2.07. The Hall–Kier alpha value is -2.33. The summed E-state index contributed by atoms with van der Waals surface area (Å²) in [6.45, 7) is 0.853. The first-order valence-electron chi connectivity index (χ1n) is 8.38. The lowest BCUT2D eigenvalue weighted by molar-refractivity contribution is -0.143. The van der Waals surface area contributed by atoms with Gasteiger partial charge in [-0.05, 0) is 49.1 Å². The summed E-state index contributed by atoms with van der Waals surface area (Å²) in [7, 11) is 0. The van der Waals surface area contributed by atoms with Crippen LogP contribution >= 0.6 is 11.6 Å². The van der Waals surface area contributed by atoms with E-state index >= 15 is 0 Å². The van der Waals surface area contributed by atoms with Gasteiger partial charge in [-0.25, -0.2) is 0 Å². The van der Waals surface area contributed by atoms with Crippen LogP contribution in [0.1, 0.15) is 35.2 Å². The largest absolute Gasteiger partial charge is 0.466 e. The quantitative estimate of drug-likeness (QED) is 0.543. The molecule has 132 valence electrons. The second kappa shape index (κ2) is 10.5. The van der Waals surface area contributed by atoms with Crippen molar-refractivity contribution in [3.05, 3.63) is 70.7 Å². The van der Waals surface area contributed by atoms with E-state index in [0.717, 1.165) is 12.8 Å². The molecule has 25 heavy (non-hydrogen) atoms. The van der Waals surface area contributed by atoms with Crippen LogP contribution < -0.4 is 5.32 Å². The topological polar surface area (TPSA) is 55.4 Å². The maximum atomic E-state index is 11.9. The van der Waals surface area contributed by atoms with Crippen molar-refractivity contribution in [2.75, 3.05) is 13.2 Å². The fraction of sp³-hybridized carbons (Fsp3) is 0.300. The fourth-order valence-corrected chi connectivity index (χ4v) is 2.44. The predicted octanol–water partition coefficient (Wildman–Crippen LogP) is 4.03. The zero-order valence-corrected chi connectivity index (χ0v) is 14.8. The first-order chi connectivity index (χ1) is 12.1. The maximum Gasteiger partial charge on any atom is 0.305 e. The predicted molar refractivity (Wildman–Crippen MR) is 98.7 cm³/mol. The molecular weight excluding hydrogens is 338 g/mol. The summed E-state index contributed by atoms with van der Waals surface area (Å²) in [5.74, 6) is -0.401. The van der Waals surface area contributed by atoms with Crippen LogP contribution in [0.15, 0.2) is 54.6 Å². The zero-order valence-electron chi connectivity index (χ0n) is 14.0. The SMILES string of the molecule is O=C(CCCNC(=O)c1ccc(Cl)cc1)OCCCc1ccccc1. The zero-order chi connectivity index (χ0) is 17.9. The van der Waals surface area contributed by atoms with E-state index in [4.69, 9.17) is 16.3 Å². The molecule has 0 radical (unpaired) electrons. The number of aryl methyl sites for hydroxylation is 1. The molecule has 0 saturated carbocycles. The van der Waals surface area contributed by atoms with Crippen LogP contribution in [0.4, 0.5) is 0 Å². The number of nitrogens with one attached hydrogen (secondary N) is 1. The smallest absolute Gasteiger partial charge is 0.305 e. The molecule has 0 saturated heterocycles. The Labute approximate surface area is 153 Å². The Morgan fingerprint density at radius 3 is 2.40 bits per heavy atom. The molecule has 1 N–H and O–H groups in total. The van der Waals surface area contributed by atoms with E-state index in [-0.39, 0.29) is 11.9 Å². The van der Waals surface area contributed by atoms with Gasteiger partial charge in [0, 0.05) is 23.6 Å². The van der Waals surface area contributed by atoms with Gasteiger partial charge in [0.1, 0.15) is 0 Å². The number of ether oxygens (including phenoxy) is 1. The van der Waals surface area contributed by atoms with Crippen LogP contribution in [-0.4, -0.2) is 25.0 Å². The average Bonchev–Trinajstić information content (AvgIpc) is 2.63. The molecule has 0 bridgehead atoms. The molecule has 5 heteroatoms. The van der Waals surface area contributed by atoms with E-state index in [1.165, 1.54) is 5.56 Å². The van der Waals surface area contributed by atoms with E-state index in [0.29, 0.717) is 36.6 Å². The highest BCUT2D eigenvalue weighted by atomic mass is 35.5. The minimum Gasteiger partial charge on any atom is -0.466 e. The molecule has 0 fully saturated rings. The van der Waals surface area contributed by atoms with Gasteiger partial charge < -0.3 is 10.1 Å². The minimum absolute atomic E-state index is 0.173. The van der Waals surface area contributed by atoms with Gasteiger partial charge in [0.15, 0.2) is 0 Å². The first-order valence-corrected chi connectivity index (χ1v) is 8.76. The molecule has 1 amide bonds. The van der Waals surface area contributed by atoms with Gasteiger partial charge in [-0.3, -0.25) is 9.59 Å². The normalized spacial score (nSPS) is 10.3. The molecule has 0 aromatic heterocycles. The van der Waals surface area contributed by atoms with Crippen LogP contribution in [0.3, 0.4) is 0 Å². The molecule has 2 rings (SSSR count). The molecule has 0 aliphatic rings. The van der Waals surface area contributed by atoms with E-state index in [1.807, 2.05) is 18.2 Å². The highest BCUT2D eigenvalue weighted by molar-refractivity contribution is 6.30. The molecule has 0 aliphatic carbocycles. The summed E-state index contributed by atoms with van der Waals surface area (Å²) >= 11 is 5.78. The molecule has 4 nitrogen and oxygen atoms in total. The van der Waals surface area contributed by atoms with E-state index in [9.17, 15) is 9.59 Å². The number of amides is 1. The monoisotopic (exact) mass is 359 g/mol. The Morgan fingerprint density at radius 1 is 0.960 bits per heavy atom. The Morgan fingerprint density at radius 2 is 1.68 bits per heavy atom. The summed E-state index contributed by atoms with van der Waals surface area (Å²) in [4.78, 5) is 23.5. The van der Waals surface area contributed by atoms with Gasteiger partial charge in [-0.1, -0.05) is 41.9 Å². The van der Waals surface area contributed by atoms with E-state index in [1.54, 1.807) is 24.3 Å². The van der Waals surface area contributed by atoms with Gasteiger partial charge in [0.2, 0.25) is 0 Å². The standard InChI is InChI=1S/C20H22ClNO3/c21-18-12-10-17(11-13-18)20(24)22-14-4-9-19(23)25-15-5-8-16-6-2-1-3-7-16/h1-3,6-7,10-13H,4-5,8-9,14-15H2,(H,22,24). The van der Waals surface area contributed by atoms with Crippen molar-refractivity contribution in [1.82, 2.24) is 5.32 Å². The Kier molecular flexibility index (Phi) is 7.99. The van der Waals surface area contributed by atoms with Crippen LogP contribution in [0.2, 0.25) is 5.02 Å². The van der Waals surface area contributed by atoms with Gasteiger partial charge >= 0.3 is 5.97 Å². The van der Waals surface area contributed by atoms with Crippen molar-refractivity contribution in [2.24, 2.45) is 0 Å². The van der Waals surface area contributed by atoms with Gasteiger partial charge in [-0.15, -0.1) is 0 Å². The van der Waals surface area contributed by atoms with Crippen LogP contribution in [-0.2, 0) is 16.0 Å². The molecule has 2 aromatic carbocycles. The fourth-order valence-electron chi connectivity index (χ4n) is 2.32. The van der Waals surface area contributed by atoms with Crippen molar-refractivity contribution in [2.45, 2.75) is 25.7 Å². The summed E-state index contributed by atoms with van der Waals surface area (Å²) in [5.41, 5.74) is 1.79. The number of carbonyl (C=O) groups is 2. The van der Waals surface area contributed by atoms with Crippen molar-refractivity contribution >= 4 is 23.5 Å². The lowest BCUT2D eigenvalue weighted by Crippen LogP contribution is -2.25. The summed E-state index contributed by atoms with van der Waals surface area (Å²) in [6, 6.07) is 16.8. The summed E-state index contributed by atoms with van der Waals surface area (Å²) < 4.78 is 5.20. The minimum atomic E-state index is -0.228. The second-order valence-electron chi connectivity index (χ2n) is 5.68. The van der Waals surface area contributed by atoms with Gasteiger partial charge in [0.05, 0.1) is 6.61 Å². The van der Waals surface area contributed by atoms with Crippen molar-refractivity contribution in [1.29, 1.82) is 0 Å². The van der Waals surface area contributed by atoms with Crippen LogP contribution in [0.25, 0.3) is 0 Å². The van der Waals surface area contributed by atoms with E-state index < -0.39 is 0 Å². The molecular formula is C20H22ClNO3. The number of rotatable bonds is 9. The summed E-state index contributed by atoms with van der Waals surface area (Å²) in [6.07, 6.45) is 2.55. The average molecular weight is 360 g/mol. The summed E-state index contributed by atoms with van der Waals surface area (Å²) in [5, 5.41) is 3.36. The van der Waals surface area contributed by atoms with Crippen molar-refractivity contribution < 1.29 is 14.3 Å². The first kappa shape index (κ1) is 19.0. The third-order valence-electron chi connectivity index (χ3n) is 3.67.